The van der Waals surface area contributed by atoms with Crippen LogP contribution < -0.4 is 5.32 Å². The van der Waals surface area contributed by atoms with Crippen LogP contribution in [-0.2, 0) is 38.6 Å². The van der Waals surface area contributed by atoms with Gasteiger partial charge in [0.05, 0.1) is 19.4 Å². The quantitative estimate of drug-likeness (QED) is 0.225. The molecule has 1 fully saturated rings. The summed E-state index contributed by atoms with van der Waals surface area (Å²) in [4.78, 5) is 42.0. The summed E-state index contributed by atoms with van der Waals surface area (Å²) < 4.78 is 18.5. The van der Waals surface area contributed by atoms with Crippen LogP contribution in [0.1, 0.15) is 70.3 Å². The number of aliphatic carboxylic acids is 3. The van der Waals surface area contributed by atoms with Crippen molar-refractivity contribution in [1.82, 2.24) is 20.2 Å². The Kier molecular flexibility index (Phi) is 12.7. The van der Waals surface area contributed by atoms with Crippen molar-refractivity contribution in [1.29, 1.82) is 0 Å². The summed E-state index contributed by atoms with van der Waals surface area (Å²) in [6, 6.07) is 7.23. The van der Waals surface area contributed by atoms with Crippen LogP contribution in [0.3, 0.4) is 0 Å². The molecule has 0 saturated carbocycles. The molecule has 1 saturated heterocycles. The highest BCUT2D eigenvalue weighted by Gasteiger charge is 2.41. The molecule has 2 aromatic rings. The van der Waals surface area contributed by atoms with E-state index in [1.165, 1.54) is 12.1 Å². The monoisotopic (exact) mass is 606 g/mol. The van der Waals surface area contributed by atoms with Crippen LogP contribution >= 0.6 is 0 Å². The van der Waals surface area contributed by atoms with Gasteiger partial charge in [0.2, 0.25) is 0 Å². The second-order valence-corrected chi connectivity index (χ2v) is 12.2. The third kappa shape index (κ3) is 12.3. The maximum atomic E-state index is 13.4. The molecule has 3 rings (SSSR count). The molecule has 0 spiro atoms. The van der Waals surface area contributed by atoms with Gasteiger partial charge in [-0.2, -0.15) is 0 Å². The molecule has 5 N–H and O–H groups in total. The fourth-order valence-electron chi connectivity index (χ4n) is 5.40. The van der Waals surface area contributed by atoms with Gasteiger partial charge in [-0.25, -0.2) is 19.2 Å². The van der Waals surface area contributed by atoms with Crippen LogP contribution in [0.4, 0.5) is 4.39 Å². The smallest absolute Gasteiger partial charge is 0.336 e. The Bertz CT molecular complexity index is 1190. The average molecular weight is 607 g/mol. The van der Waals surface area contributed by atoms with E-state index in [9.17, 15) is 18.8 Å². The Labute approximate surface area is 250 Å². The molecule has 12 nitrogen and oxygen atoms in total. The van der Waals surface area contributed by atoms with Crippen LogP contribution in [0.2, 0.25) is 0 Å². The molecule has 43 heavy (non-hydrogen) atoms. The Morgan fingerprint density at radius 3 is 1.88 bits per heavy atom. The third-order valence-corrected chi connectivity index (χ3v) is 6.94. The van der Waals surface area contributed by atoms with Gasteiger partial charge in [0.25, 0.3) is 0 Å². The summed E-state index contributed by atoms with van der Waals surface area (Å²) in [6.07, 6.45) is 4.37. The van der Waals surface area contributed by atoms with Crippen LogP contribution in [-0.4, -0.2) is 89.6 Å². The maximum absolute atomic E-state index is 13.4. The molecule has 2 heterocycles. The standard InChI is InChI=1S/C24H35FN4O.C6H8O7/c1-23(2)12-21(13-24(3,4)28-23)29(16-18-6-8-20(25)9-7-18)17-19-14-26-22(27-15-19)10-11-30-5;7-3(8)1-6(13,5(11)12)2-4(9)10/h6-9,14-15,21,28H,10-13,16-17H2,1-5H3;13H,1-2H2,(H,7,8)(H,9,10)(H,11,12). The number of carbonyl (C=O) groups is 3. The first-order chi connectivity index (χ1) is 19.9. The molecule has 13 heteroatoms. The van der Waals surface area contributed by atoms with Gasteiger partial charge in [-0.05, 0) is 58.2 Å². The molecule has 1 aliphatic rings. The van der Waals surface area contributed by atoms with Crippen molar-refractivity contribution in [2.45, 2.75) is 95.6 Å². The number of carboxylic acids is 3. The molecular weight excluding hydrogens is 563 g/mol. The number of halogens is 1. The summed E-state index contributed by atoms with van der Waals surface area (Å²) in [6.45, 7) is 11.2. The van der Waals surface area contributed by atoms with Gasteiger partial charge in [0, 0.05) is 61.7 Å². The van der Waals surface area contributed by atoms with Gasteiger partial charge in [-0.3, -0.25) is 14.5 Å². The number of aliphatic hydroxyl groups is 1. The zero-order chi connectivity index (χ0) is 32.4. The summed E-state index contributed by atoms with van der Waals surface area (Å²) in [5, 5.41) is 37.6. The number of nitrogens with zero attached hydrogens (tertiary/aromatic N) is 3. The van der Waals surface area contributed by atoms with Crippen molar-refractivity contribution in [3.8, 4) is 0 Å². The number of carboxylic acid groups (broad SMARTS) is 3. The number of benzene rings is 1. The van der Waals surface area contributed by atoms with Gasteiger partial charge in [-0.1, -0.05) is 12.1 Å². The van der Waals surface area contributed by atoms with Crippen molar-refractivity contribution in [2.24, 2.45) is 0 Å². The largest absolute Gasteiger partial charge is 0.481 e. The molecule has 1 aromatic heterocycles. The van der Waals surface area contributed by atoms with E-state index >= 15 is 0 Å². The average Bonchev–Trinajstić information content (AvgIpc) is 2.86. The van der Waals surface area contributed by atoms with Crippen LogP contribution in [0.25, 0.3) is 0 Å². The third-order valence-electron chi connectivity index (χ3n) is 6.94. The van der Waals surface area contributed by atoms with E-state index in [0.717, 1.165) is 42.9 Å². The topological polar surface area (TPSA) is 182 Å². The molecule has 0 radical (unpaired) electrons. The van der Waals surface area contributed by atoms with Crippen molar-refractivity contribution in [3.63, 3.8) is 0 Å². The van der Waals surface area contributed by atoms with E-state index in [-0.39, 0.29) is 16.9 Å². The summed E-state index contributed by atoms with van der Waals surface area (Å²) >= 11 is 0. The van der Waals surface area contributed by atoms with E-state index in [0.29, 0.717) is 19.1 Å². The second kappa shape index (κ2) is 15.3. The summed E-state index contributed by atoms with van der Waals surface area (Å²) in [5.74, 6) is -4.42. The van der Waals surface area contributed by atoms with Gasteiger partial charge >= 0.3 is 17.9 Å². The van der Waals surface area contributed by atoms with Gasteiger partial charge in [0.1, 0.15) is 11.6 Å². The Hall–Kier alpha value is -3.52. The first kappa shape index (κ1) is 35.7. The highest BCUT2D eigenvalue weighted by molar-refractivity contribution is 5.88. The second-order valence-electron chi connectivity index (χ2n) is 12.2. The highest BCUT2D eigenvalue weighted by Crippen LogP contribution is 2.33. The minimum absolute atomic E-state index is 0.0496. The van der Waals surface area contributed by atoms with Gasteiger partial charge < -0.3 is 30.5 Å². The molecule has 1 aromatic carbocycles. The number of piperidine rings is 1. The minimum atomic E-state index is -2.74. The van der Waals surface area contributed by atoms with Crippen molar-refractivity contribution >= 4 is 17.9 Å². The lowest BCUT2D eigenvalue weighted by Crippen LogP contribution is -2.62. The van der Waals surface area contributed by atoms with E-state index in [4.69, 9.17) is 25.2 Å². The van der Waals surface area contributed by atoms with Gasteiger partial charge in [0.15, 0.2) is 5.60 Å². The summed E-state index contributed by atoms with van der Waals surface area (Å²) in [5.41, 5.74) is -0.435. The van der Waals surface area contributed by atoms with Crippen LogP contribution in [0, 0.1) is 5.82 Å². The maximum Gasteiger partial charge on any atom is 0.336 e. The number of rotatable bonds is 13. The normalized spacial score (nSPS) is 16.3. The zero-order valence-corrected chi connectivity index (χ0v) is 25.3. The lowest BCUT2D eigenvalue weighted by molar-refractivity contribution is -0.170. The number of hydrogen-bond donors (Lipinski definition) is 5. The fraction of sp³-hybridized carbons (Fsp3) is 0.567. The lowest BCUT2D eigenvalue weighted by atomic mass is 9.79. The molecule has 0 aliphatic carbocycles. The predicted molar refractivity (Wildman–Crippen MR) is 155 cm³/mol. The molecule has 0 unspecified atom stereocenters. The number of nitrogens with one attached hydrogen (secondary N) is 1. The van der Waals surface area contributed by atoms with E-state index in [2.05, 4.69) is 47.9 Å². The lowest BCUT2D eigenvalue weighted by Gasteiger charge is -2.49. The van der Waals surface area contributed by atoms with Crippen LogP contribution in [0.15, 0.2) is 36.7 Å². The molecule has 1 aliphatic heterocycles. The molecule has 0 atom stereocenters. The van der Waals surface area contributed by atoms with Crippen LogP contribution in [0.5, 0.6) is 0 Å². The zero-order valence-electron chi connectivity index (χ0n) is 25.3. The number of hydrogen-bond acceptors (Lipinski definition) is 9. The number of aromatic nitrogens is 2. The van der Waals surface area contributed by atoms with Gasteiger partial charge in [-0.15, -0.1) is 0 Å². The minimum Gasteiger partial charge on any atom is -0.481 e. The number of ether oxygens (including phenoxy) is 1. The van der Waals surface area contributed by atoms with Crippen molar-refractivity contribution in [3.05, 3.63) is 59.4 Å². The molecular formula is C30H43FN4O8. The Balaban J connectivity index is 0.000000420. The molecule has 238 valence electrons. The predicted octanol–water partition coefficient (Wildman–Crippen LogP) is 2.87. The van der Waals surface area contributed by atoms with E-state index < -0.39 is 36.4 Å². The van der Waals surface area contributed by atoms with Crippen molar-refractivity contribution < 1.29 is 43.9 Å². The van der Waals surface area contributed by atoms with E-state index in [1.54, 1.807) is 7.11 Å². The number of methoxy groups -OCH3 is 1. The molecule has 0 amide bonds. The molecule has 0 bridgehead atoms. The van der Waals surface area contributed by atoms with Crippen molar-refractivity contribution in [2.75, 3.05) is 13.7 Å². The Morgan fingerprint density at radius 2 is 1.44 bits per heavy atom. The SMILES string of the molecule is COCCc1ncc(CN(Cc2ccc(F)cc2)C2CC(C)(C)NC(C)(C)C2)cn1.O=C(O)CC(O)(CC(=O)O)C(=O)O. The highest BCUT2D eigenvalue weighted by atomic mass is 19.1. The first-order valence-corrected chi connectivity index (χ1v) is 13.9. The first-order valence-electron chi connectivity index (χ1n) is 13.9. The Morgan fingerprint density at radius 1 is 0.953 bits per heavy atom. The van der Waals surface area contributed by atoms with E-state index in [1.807, 2.05) is 24.5 Å². The fourth-order valence-corrected chi connectivity index (χ4v) is 5.40. The summed E-state index contributed by atoms with van der Waals surface area (Å²) in [7, 11) is 1.68.